The summed E-state index contributed by atoms with van der Waals surface area (Å²) in [6.07, 6.45) is 0.649. The lowest BCUT2D eigenvalue weighted by molar-refractivity contribution is 0.146. The molecule has 132 valence electrons. The number of nitrogens with zero attached hydrogens (tertiary/aromatic N) is 1. The van der Waals surface area contributed by atoms with E-state index in [2.05, 4.69) is 15.6 Å². The first kappa shape index (κ1) is 17.0. The molecule has 1 aliphatic rings. The third-order valence-electron chi connectivity index (χ3n) is 3.66. The highest BCUT2D eigenvalue weighted by molar-refractivity contribution is 5.82. The first-order valence-electron chi connectivity index (χ1n) is 7.63. The Bertz CT molecular complexity index is 798. The van der Waals surface area contributed by atoms with Gasteiger partial charge in [0.15, 0.2) is 6.17 Å². The van der Waals surface area contributed by atoms with Gasteiger partial charge in [0.2, 0.25) is 0 Å². The van der Waals surface area contributed by atoms with Gasteiger partial charge in [0.05, 0.1) is 29.9 Å². The third kappa shape index (κ3) is 3.80. The number of nitrogen functional groups attached to an aromatic ring is 1. The molecule has 0 fully saturated rings. The Labute approximate surface area is 143 Å². The molecular formula is C17H18F2N4O2. The molecule has 3 rings (SSSR count). The number of hydrogen-bond donors (Lipinski definition) is 3. The SMILES string of the molecule is COCCOc1cc(F)c2c(c1)NC=NC2Nc1ccc(N)cc1F. The minimum absolute atomic E-state index is 0.184. The summed E-state index contributed by atoms with van der Waals surface area (Å²) in [4.78, 5) is 4.15. The minimum atomic E-state index is -0.776. The van der Waals surface area contributed by atoms with Crippen molar-refractivity contribution in [1.82, 2.24) is 0 Å². The van der Waals surface area contributed by atoms with E-state index in [-0.39, 0.29) is 11.3 Å². The van der Waals surface area contributed by atoms with Crippen molar-refractivity contribution < 1.29 is 18.3 Å². The fourth-order valence-corrected chi connectivity index (χ4v) is 2.48. The van der Waals surface area contributed by atoms with Gasteiger partial charge >= 0.3 is 0 Å². The molecule has 0 spiro atoms. The normalized spacial score (nSPS) is 15.4. The lowest BCUT2D eigenvalue weighted by atomic mass is 10.1. The van der Waals surface area contributed by atoms with Crippen molar-refractivity contribution >= 4 is 23.4 Å². The molecule has 0 aromatic heterocycles. The lowest BCUT2D eigenvalue weighted by Gasteiger charge is -2.24. The summed E-state index contributed by atoms with van der Waals surface area (Å²) in [5.41, 5.74) is 6.80. The molecule has 1 heterocycles. The van der Waals surface area contributed by atoms with Crippen LogP contribution in [0.15, 0.2) is 35.3 Å². The predicted octanol–water partition coefficient (Wildman–Crippen LogP) is 3.14. The Balaban J connectivity index is 1.85. The van der Waals surface area contributed by atoms with Crippen molar-refractivity contribution in [3.05, 3.63) is 47.5 Å². The molecule has 1 atom stereocenters. The molecule has 6 nitrogen and oxygen atoms in total. The molecule has 4 N–H and O–H groups in total. The van der Waals surface area contributed by atoms with Gasteiger partial charge in [-0.05, 0) is 18.2 Å². The topological polar surface area (TPSA) is 80.9 Å². The number of rotatable bonds is 6. The fourth-order valence-electron chi connectivity index (χ4n) is 2.48. The second-order valence-electron chi connectivity index (χ2n) is 5.42. The standard InChI is InChI=1S/C17H18F2N4O2/c1-24-4-5-25-11-7-13(19)16-15(8-11)21-9-22-17(16)23-14-3-2-10(20)6-12(14)18/h2-3,6-9,17,23H,4-5,20H2,1H3,(H,21,22). The van der Waals surface area contributed by atoms with Gasteiger partial charge in [0.1, 0.15) is 24.0 Å². The van der Waals surface area contributed by atoms with Crippen molar-refractivity contribution in [2.24, 2.45) is 4.99 Å². The highest BCUT2D eigenvalue weighted by Gasteiger charge is 2.24. The smallest absolute Gasteiger partial charge is 0.151 e. The Morgan fingerprint density at radius 1 is 1.20 bits per heavy atom. The maximum atomic E-state index is 14.6. The Hall–Kier alpha value is -2.87. The number of ether oxygens (including phenoxy) is 2. The van der Waals surface area contributed by atoms with Crippen molar-refractivity contribution in [2.75, 3.05) is 36.7 Å². The highest BCUT2D eigenvalue weighted by Crippen LogP contribution is 2.35. The van der Waals surface area contributed by atoms with Crippen LogP contribution in [-0.4, -0.2) is 26.7 Å². The second kappa shape index (κ2) is 7.35. The van der Waals surface area contributed by atoms with Gasteiger partial charge in [-0.3, -0.25) is 0 Å². The predicted molar refractivity (Wildman–Crippen MR) is 93.1 cm³/mol. The van der Waals surface area contributed by atoms with Crippen LogP contribution in [0.5, 0.6) is 5.75 Å². The summed E-state index contributed by atoms with van der Waals surface area (Å²) < 4.78 is 38.9. The number of fused-ring (bicyclic) bond motifs is 1. The summed E-state index contributed by atoms with van der Waals surface area (Å²) >= 11 is 0. The third-order valence-corrected chi connectivity index (χ3v) is 3.66. The zero-order valence-corrected chi connectivity index (χ0v) is 13.6. The quantitative estimate of drug-likeness (QED) is 0.552. The van der Waals surface area contributed by atoms with Crippen LogP contribution in [-0.2, 0) is 4.74 Å². The zero-order valence-electron chi connectivity index (χ0n) is 13.6. The van der Waals surface area contributed by atoms with E-state index in [1.807, 2.05) is 0 Å². The zero-order chi connectivity index (χ0) is 17.8. The number of anilines is 3. The number of nitrogens with two attached hydrogens (primary N) is 1. The Kier molecular flexibility index (Phi) is 4.99. The molecule has 0 saturated carbocycles. The first-order valence-corrected chi connectivity index (χ1v) is 7.63. The van der Waals surface area contributed by atoms with Crippen molar-refractivity contribution in [1.29, 1.82) is 0 Å². The van der Waals surface area contributed by atoms with Gasteiger partial charge in [-0.25, -0.2) is 13.8 Å². The number of methoxy groups -OCH3 is 1. The molecule has 1 unspecified atom stereocenters. The largest absolute Gasteiger partial charge is 0.491 e. The van der Waals surface area contributed by atoms with E-state index >= 15 is 0 Å². The average molecular weight is 348 g/mol. The van der Waals surface area contributed by atoms with Crippen molar-refractivity contribution in [2.45, 2.75) is 6.17 Å². The maximum absolute atomic E-state index is 14.6. The summed E-state index contributed by atoms with van der Waals surface area (Å²) in [5.74, 6) is -0.675. The van der Waals surface area contributed by atoms with Gasteiger partial charge < -0.3 is 25.8 Å². The molecular weight excluding hydrogens is 330 g/mol. The Morgan fingerprint density at radius 2 is 2.04 bits per heavy atom. The average Bonchev–Trinajstić information content (AvgIpc) is 2.57. The molecule has 0 saturated heterocycles. The van der Waals surface area contributed by atoms with Crippen molar-refractivity contribution in [3.8, 4) is 5.75 Å². The van der Waals surface area contributed by atoms with Crippen LogP contribution in [0.4, 0.5) is 25.8 Å². The number of hydrogen-bond acceptors (Lipinski definition) is 6. The molecule has 0 amide bonds. The van der Waals surface area contributed by atoms with E-state index in [1.165, 1.54) is 24.5 Å². The van der Waals surface area contributed by atoms with Crippen LogP contribution >= 0.6 is 0 Å². The van der Waals surface area contributed by atoms with Crippen LogP contribution < -0.4 is 21.1 Å². The van der Waals surface area contributed by atoms with E-state index in [1.54, 1.807) is 19.2 Å². The van der Waals surface area contributed by atoms with Gasteiger partial charge in [0.25, 0.3) is 0 Å². The summed E-state index contributed by atoms with van der Waals surface area (Å²) in [7, 11) is 1.56. The molecule has 2 aromatic rings. The molecule has 0 aliphatic carbocycles. The monoisotopic (exact) mass is 348 g/mol. The summed E-state index contributed by atoms with van der Waals surface area (Å²) in [5, 5.41) is 5.75. The van der Waals surface area contributed by atoms with Gasteiger partial charge in [-0.2, -0.15) is 0 Å². The summed E-state index contributed by atoms with van der Waals surface area (Å²) in [6, 6.07) is 7.16. The molecule has 0 bridgehead atoms. The van der Waals surface area contributed by atoms with Crippen LogP contribution in [0.3, 0.4) is 0 Å². The van der Waals surface area contributed by atoms with Crippen LogP contribution in [0, 0.1) is 11.6 Å². The molecule has 1 aliphatic heterocycles. The number of nitrogens with one attached hydrogen (secondary N) is 2. The van der Waals surface area contributed by atoms with E-state index in [0.29, 0.717) is 30.3 Å². The number of benzene rings is 2. The number of halogens is 2. The van der Waals surface area contributed by atoms with Crippen molar-refractivity contribution in [3.63, 3.8) is 0 Å². The Morgan fingerprint density at radius 3 is 2.80 bits per heavy atom. The highest BCUT2D eigenvalue weighted by atomic mass is 19.1. The number of aliphatic imine (C=N–C) groups is 1. The fraction of sp³-hybridized carbons (Fsp3) is 0.235. The van der Waals surface area contributed by atoms with Crippen LogP contribution in [0.25, 0.3) is 0 Å². The molecule has 8 heteroatoms. The molecule has 0 radical (unpaired) electrons. The van der Waals surface area contributed by atoms with Crippen LogP contribution in [0.1, 0.15) is 11.7 Å². The van der Waals surface area contributed by atoms with E-state index in [0.717, 1.165) is 0 Å². The maximum Gasteiger partial charge on any atom is 0.151 e. The molecule has 25 heavy (non-hydrogen) atoms. The van der Waals surface area contributed by atoms with E-state index in [9.17, 15) is 8.78 Å². The van der Waals surface area contributed by atoms with Gasteiger partial charge in [0, 0.05) is 24.9 Å². The molecule has 2 aromatic carbocycles. The van der Waals surface area contributed by atoms with E-state index in [4.69, 9.17) is 15.2 Å². The van der Waals surface area contributed by atoms with Gasteiger partial charge in [-0.15, -0.1) is 0 Å². The van der Waals surface area contributed by atoms with E-state index < -0.39 is 17.8 Å². The minimum Gasteiger partial charge on any atom is -0.491 e. The second-order valence-corrected chi connectivity index (χ2v) is 5.42. The van der Waals surface area contributed by atoms with Crippen LogP contribution in [0.2, 0.25) is 0 Å². The first-order chi connectivity index (χ1) is 12.1. The van der Waals surface area contributed by atoms with Gasteiger partial charge in [-0.1, -0.05) is 0 Å². The lowest BCUT2D eigenvalue weighted by Crippen LogP contribution is -2.19. The summed E-state index contributed by atoms with van der Waals surface area (Å²) in [6.45, 7) is 0.704.